The zero-order chi connectivity index (χ0) is 21.8. The molecule has 0 saturated heterocycles. The second-order valence-corrected chi connectivity index (χ2v) is 7.85. The number of nitrogens with zero attached hydrogens (tertiary/aromatic N) is 2. The smallest absolute Gasteiger partial charge is 0.306 e. The van der Waals surface area contributed by atoms with E-state index in [9.17, 15) is 18.4 Å². The van der Waals surface area contributed by atoms with Crippen LogP contribution in [0.4, 0.5) is 8.78 Å². The highest BCUT2D eigenvalue weighted by atomic mass is 19.1. The molecule has 2 fully saturated rings. The van der Waals surface area contributed by atoms with Crippen molar-refractivity contribution in [1.29, 1.82) is 0 Å². The summed E-state index contributed by atoms with van der Waals surface area (Å²) in [5.41, 5.74) is 4.63. The lowest BCUT2D eigenvalue weighted by Gasteiger charge is -2.40. The lowest BCUT2D eigenvalue weighted by Crippen LogP contribution is -2.47. The molecule has 6 nitrogen and oxygen atoms in total. The summed E-state index contributed by atoms with van der Waals surface area (Å²) in [6.07, 6.45) is 8.00. The molecule has 0 radical (unpaired) electrons. The second kappa shape index (κ2) is 8.85. The Morgan fingerprint density at radius 3 is 1.90 bits per heavy atom. The maximum Gasteiger partial charge on any atom is 0.306 e. The van der Waals surface area contributed by atoms with Crippen LogP contribution in [-0.4, -0.2) is 29.0 Å². The summed E-state index contributed by atoms with van der Waals surface area (Å²) in [5, 5.41) is 0. The molecule has 0 unspecified atom stereocenters. The molecular formula is C22H25F2N3O3. The number of hydrogen-bond acceptors (Lipinski definition) is 5. The zero-order valence-electron chi connectivity index (χ0n) is 16.9. The Morgan fingerprint density at radius 1 is 1.00 bits per heavy atom. The number of carbonyl (C=O) groups excluding carboxylic acids is 2. The Bertz CT molecular complexity index is 927. The number of methoxy groups -OCH3 is 1. The van der Waals surface area contributed by atoms with E-state index in [1.807, 2.05) is 0 Å². The second-order valence-electron chi connectivity index (χ2n) is 7.85. The summed E-state index contributed by atoms with van der Waals surface area (Å²) in [7, 11) is 1.35. The van der Waals surface area contributed by atoms with Crippen molar-refractivity contribution in [3.63, 3.8) is 0 Å². The number of rotatable bonds is 5. The van der Waals surface area contributed by atoms with E-state index < -0.39 is 22.6 Å². The van der Waals surface area contributed by atoms with Gasteiger partial charge in [-0.05, 0) is 49.9 Å². The highest BCUT2D eigenvalue weighted by molar-refractivity contribution is 5.87. The predicted octanol–water partition coefficient (Wildman–Crippen LogP) is 3.33. The normalized spacial score (nSPS) is 18.1. The number of esters is 1. The fraction of sp³-hybridized carbons (Fsp3) is 0.455. The van der Waals surface area contributed by atoms with Crippen LogP contribution in [0, 0.1) is 11.6 Å². The molecule has 0 aliphatic heterocycles. The monoisotopic (exact) mass is 417 g/mol. The minimum Gasteiger partial charge on any atom is -0.469 e. The number of aromatic nitrogens is 2. The van der Waals surface area contributed by atoms with E-state index in [4.69, 9.17) is 5.73 Å². The third kappa shape index (κ3) is 4.04. The van der Waals surface area contributed by atoms with Gasteiger partial charge >= 0.3 is 5.97 Å². The SMILES string of the molecule is COC(=O)CC1(c2ncccc2F)CCC1.NC(=O)C1(c2ncccc2F)CCC1. The maximum atomic E-state index is 13.6. The van der Waals surface area contributed by atoms with Gasteiger partial charge < -0.3 is 10.5 Å². The van der Waals surface area contributed by atoms with Crippen molar-refractivity contribution in [2.24, 2.45) is 5.73 Å². The molecule has 0 spiro atoms. The first-order valence-electron chi connectivity index (χ1n) is 9.93. The predicted molar refractivity (Wildman–Crippen MR) is 105 cm³/mol. The molecule has 2 aromatic heterocycles. The van der Waals surface area contributed by atoms with E-state index in [0.717, 1.165) is 25.7 Å². The van der Waals surface area contributed by atoms with Crippen LogP contribution < -0.4 is 5.73 Å². The largest absolute Gasteiger partial charge is 0.469 e. The van der Waals surface area contributed by atoms with E-state index in [-0.39, 0.29) is 23.9 Å². The van der Waals surface area contributed by atoms with Crippen LogP contribution in [0.2, 0.25) is 0 Å². The van der Waals surface area contributed by atoms with E-state index in [0.29, 0.717) is 18.5 Å². The number of halogens is 2. The molecule has 2 N–H and O–H groups in total. The Hall–Kier alpha value is -2.90. The van der Waals surface area contributed by atoms with E-state index in [1.165, 1.54) is 31.5 Å². The first-order chi connectivity index (χ1) is 14.3. The molecule has 8 heteroatoms. The highest BCUT2D eigenvalue weighted by Crippen LogP contribution is 2.46. The van der Waals surface area contributed by atoms with Crippen LogP contribution in [0.15, 0.2) is 36.7 Å². The molecule has 0 bridgehead atoms. The zero-order valence-corrected chi connectivity index (χ0v) is 16.9. The van der Waals surface area contributed by atoms with Crippen LogP contribution in [0.1, 0.15) is 56.3 Å². The number of hydrogen-bond donors (Lipinski definition) is 1. The molecule has 2 aromatic rings. The molecule has 0 aromatic carbocycles. The molecule has 2 aliphatic rings. The van der Waals surface area contributed by atoms with E-state index in [1.54, 1.807) is 12.3 Å². The third-order valence-corrected chi connectivity index (χ3v) is 6.17. The maximum absolute atomic E-state index is 13.6. The molecule has 2 saturated carbocycles. The van der Waals surface area contributed by atoms with Gasteiger partial charge in [-0.1, -0.05) is 12.8 Å². The van der Waals surface area contributed by atoms with Crippen LogP contribution >= 0.6 is 0 Å². The molecule has 2 aliphatic carbocycles. The van der Waals surface area contributed by atoms with Gasteiger partial charge in [0.2, 0.25) is 5.91 Å². The number of pyridine rings is 2. The van der Waals surface area contributed by atoms with Crippen molar-refractivity contribution in [2.45, 2.75) is 55.8 Å². The van der Waals surface area contributed by atoms with Gasteiger partial charge in [0, 0.05) is 17.8 Å². The van der Waals surface area contributed by atoms with E-state index in [2.05, 4.69) is 14.7 Å². The first-order valence-corrected chi connectivity index (χ1v) is 9.93. The van der Waals surface area contributed by atoms with Crippen LogP contribution in [0.25, 0.3) is 0 Å². The van der Waals surface area contributed by atoms with Gasteiger partial charge in [0.1, 0.15) is 11.6 Å². The average molecular weight is 417 g/mol. The van der Waals surface area contributed by atoms with Crippen LogP contribution in [0.5, 0.6) is 0 Å². The average Bonchev–Trinajstić information content (AvgIpc) is 2.66. The van der Waals surface area contributed by atoms with Crippen molar-refractivity contribution in [3.05, 3.63) is 59.7 Å². The number of ether oxygens (including phenoxy) is 1. The minimum atomic E-state index is -0.842. The fourth-order valence-corrected chi connectivity index (χ4v) is 4.09. The molecule has 0 atom stereocenters. The number of amides is 1. The van der Waals surface area contributed by atoms with Crippen LogP contribution in [-0.2, 0) is 25.2 Å². The lowest BCUT2D eigenvalue weighted by atomic mass is 9.64. The molecule has 1 amide bonds. The molecule has 30 heavy (non-hydrogen) atoms. The Morgan fingerprint density at radius 2 is 1.53 bits per heavy atom. The van der Waals surface area contributed by atoms with Crippen molar-refractivity contribution in [1.82, 2.24) is 9.97 Å². The van der Waals surface area contributed by atoms with Crippen molar-refractivity contribution >= 4 is 11.9 Å². The summed E-state index contributed by atoms with van der Waals surface area (Å²) in [4.78, 5) is 30.6. The Kier molecular flexibility index (Phi) is 6.43. The molecule has 2 heterocycles. The van der Waals surface area contributed by atoms with Gasteiger partial charge in [0.25, 0.3) is 0 Å². The molecule has 160 valence electrons. The molecular weight excluding hydrogens is 392 g/mol. The van der Waals surface area contributed by atoms with Gasteiger partial charge in [0.05, 0.1) is 30.3 Å². The van der Waals surface area contributed by atoms with Crippen molar-refractivity contribution in [3.8, 4) is 0 Å². The Labute approximate surface area is 173 Å². The van der Waals surface area contributed by atoms with Crippen LogP contribution in [0.3, 0.4) is 0 Å². The fourth-order valence-electron chi connectivity index (χ4n) is 4.09. The number of carbonyl (C=O) groups is 2. The quantitative estimate of drug-likeness (QED) is 0.753. The summed E-state index contributed by atoms with van der Waals surface area (Å²) in [6.45, 7) is 0. The Balaban J connectivity index is 0.000000172. The van der Waals surface area contributed by atoms with Gasteiger partial charge in [-0.2, -0.15) is 0 Å². The third-order valence-electron chi connectivity index (χ3n) is 6.17. The van der Waals surface area contributed by atoms with Crippen molar-refractivity contribution in [2.75, 3.05) is 7.11 Å². The standard InChI is InChI=1S/C12H14FNO2.C10H11FN2O/c1-16-10(15)8-12(5-3-6-12)11-9(13)4-2-7-14-11;11-7-3-1-6-13-8(7)10(9(12)14)4-2-5-10/h2,4,7H,3,5-6,8H2,1H3;1,3,6H,2,4-5H2,(H2,12,14). The van der Waals surface area contributed by atoms with Gasteiger partial charge in [-0.25, -0.2) is 8.78 Å². The topological polar surface area (TPSA) is 95.2 Å². The van der Waals surface area contributed by atoms with Gasteiger partial charge in [0.15, 0.2) is 0 Å². The number of primary amides is 1. The lowest BCUT2D eigenvalue weighted by molar-refractivity contribution is -0.143. The van der Waals surface area contributed by atoms with Gasteiger partial charge in [-0.3, -0.25) is 19.6 Å². The molecule has 4 rings (SSSR count). The first kappa shape index (κ1) is 21.8. The van der Waals surface area contributed by atoms with E-state index >= 15 is 0 Å². The van der Waals surface area contributed by atoms with Crippen molar-refractivity contribution < 1.29 is 23.1 Å². The summed E-state index contributed by atoms with van der Waals surface area (Å²) in [6, 6.07) is 5.76. The summed E-state index contributed by atoms with van der Waals surface area (Å²) >= 11 is 0. The number of nitrogens with two attached hydrogens (primary N) is 1. The minimum absolute atomic E-state index is 0.207. The van der Waals surface area contributed by atoms with Gasteiger partial charge in [-0.15, -0.1) is 0 Å². The summed E-state index contributed by atoms with van der Waals surface area (Å²) < 4.78 is 31.7. The summed E-state index contributed by atoms with van der Waals surface area (Å²) in [5.74, 6) is -1.54. The highest BCUT2D eigenvalue weighted by Gasteiger charge is 2.47.